The van der Waals surface area contributed by atoms with E-state index in [1.807, 2.05) is 0 Å². The molecule has 0 spiro atoms. The van der Waals surface area contributed by atoms with Crippen molar-refractivity contribution >= 4 is 17.3 Å². The molecule has 0 unspecified atom stereocenters. The maximum absolute atomic E-state index is 11.3. The van der Waals surface area contributed by atoms with Gasteiger partial charge in [-0.05, 0) is 41.7 Å². The molecule has 2 aromatic carbocycles. The molecule has 0 bridgehead atoms. The predicted molar refractivity (Wildman–Crippen MR) is 92.8 cm³/mol. The van der Waals surface area contributed by atoms with E-state index in [4.69, 9.17) is 0 Å². The molecule has 0 aromatic heterocycles. The summed E-state index contributed by atoms with van der Waals surface area (Å²) < 4.78 is 0. The quantitative estimate of drug-likeness (QED) is 0.500. The van der Waals surface area contributed by atoms with Crippen molar-refractivity contribution in [3.8, 4) is 0 Å². The van der Waals surface area contributed by atoms with E-state index in [0.29, 0.717) is 0 Å². The molecule has 2 aromatic rings. The Hall–Kier alpha value is -3.15. The zero-order valence-corrected chi connectivity index (χ0v) is 13.3. The Bertz CT molecular complexity index is 889. The third kappa shape index (κ3) is 2.55. The topological polar surface area (TPSA) is 92.5 Å². The van der Waals surface area contributed by atoms with Crippen LogP contribution >= 0.6 is 0 Å². The lowest BCUT2D eigenvalue weighted by Gasteiger charge is -2.37. The van der Waals surface area contributed by atoms with Crippen LogP contribution in [0.3, 0.4) is 0 Å². The second-order valence-corrected chi connectivity index (χ2v) is 6.43. The number of nitrogens with zero attached hydrogens (tertiary/aromatic N) is 1. The highest BCUT2D eigenvalue weighted by atomic mass is 16.6. The second kappa shape index (κ2) is 5.73. The number of carbonyl (C=O) groups is 1. The molecule has 2 N–H and O–H groups in total. The van der Waals surface area contributed by atoms with Gasteiger partial charge >= 0.3 is 5.97 Å². The standard InChI is InChI=1S/C19H16N2O4/c22-19(23)12-6-9-17-16(10-12)14-2-1-3-15(14)18(20-17)11-4-7-13(8-5-11)21(24)25/h1-2,4-10,14-15,18,20H,3H2,(H,22,23)/t14-,15+,18+/m0/s1. The highest BCUT2D eigenvalue weighted by molar-refractivity contribution is 5.89. The smallest absolute Gasteiger partial charge is 0.335 e. The zero-order chi connectivity index (χ0) is 17.6. The number of fused-ring (bicyclic) bond motifs is 3. The van der Waals surface area contributed by atoms with Crippen molar-refractivity contribution in [3.63, 3.8) is 0 Å². The number of nitro groups is 1. The molecule has 4 rings (SSSR count). The summed E-state index contributed by atoms with van der Waals surface area (Å²) in [5.74, 6) is -0.521. The van der Waals surface area contributed by atoms with Gasteiger partial charge in [0.15, 0.2) is 0 Å². The summed E-state index contributed by atoms with van der Waals surface area (Å²) in [6, 6.07) is 11.8. The normalized spacial score (nSPS) is 23.4. The minimum absolute atomic E-state index is 0.0315. The largest absolute Gasteiger partial charge is 0.478 e. The number of carboxylic acids is 1. The molecule has 1 aliphatic carbocycles. The van der Waals surface area contributed by atoms with E-state index in [1.54, 1.807) is 30.3 Å². The highest BCUT2D eigenvalue weighted by Crippen LogP contribution is 2.50. The SMILES string of the molecule is O=C(O)c1ccc2c(c1)[C@H]1C=CC[C@H]1[C@@H](c1ccc([N+](=O)[O-])cc1)N2. The van der Waals surface area contributed by atoms with Gasteiger partial charge in [0.05, 0.1) is 16.5 Å². The number of anilines is 1. The lowest BCUT2D eigenvalue weighted by molar-refractivity contribution is -0.384. The summed E-state index contributed by atoms with van der Waals surface area (Å²) in [5.41, 5.74) is 3.27. The number of hydrogen-bond acceptors (Lipinski definition) is 4. The molecule has 0 saturated carbocycles. The molecule has 0 amide bonds. The van der Waals surface area contributed by atoms with Gasteiger partial charge in [0.1, 0.15) is 0 Å². The Morgan fingerprint density at radius 2 is 1.96 bits per heavy atom. The number of rotatable bonds is 3. The van der Waals surface area contributed by atoms with E-state index in [9.17, 15) is 20.0 Å². The first-order chi connectivity index (χ1) is 12.0. The number of nitro benzene ring substituents is 1. The molecule has 25 heavy (non-hydrogen) atoms. The summed E-state index contributed by atoms with van der Waals surface area (Å²) in [6.45, 7) is 0. The molecule has 0 fully saturated rings. The van der Waals surface area contributed by atoms with Crippen LogP contribution in [0.4, 0.5) is 11.4 Å². The fourth-order valence-electron chi connectivity index (χ4n) is 3.86. The van der Waals surface area contributed by atoms with Gasteiger partial charge < -0.3 is 10.4 Å². The molecule has 3 atom stereocenters. The maximum Gasteiger partial charge on any atom is 0.335 e. The Kier molecular flexibility index (Phi) is 3.53. The first-order valence-corrected chi connectivity index (χ1v) is 8.09. The monoisotopic (exact) mass is 336 g/mol. The van der Waals surface area contributed by atoms with Crippen LogP contribution in [0.1, 0.15) is 39.9 Å². The summed E-state index contributed by atoms with van der Waals surface area (Å²) >= 11 is 0. The molecule has 2 aliphatic rings. The van der Waals surface area contributed by atoms with Crippen LogP contribution < -0.4 is 5.32 Å². The van der Waals surface area contributed by atoms with Crippen molar-refractivity contribution in [1.29, 1.82) is 0 Å². The molecule has 0 saturated heterocycles. The molecule has 0 radical (unpaired) electrons. The van der Waals surface area contributed by atoms with Gasteiger partial charge in [0.2, 0.25) is 0 Å². The lowest BCUT2D eigenvalue weighted by atomic mass is 9.76. The molecular formula is C19H16N2O4. The third-order valence-electron chi connectivity index (χ3n) is 5.07. The first kappa shape index (κ1) is 15.4. The van der Waals surface area contributed by atoms with Crippen molar-refractivity contribution < 1.29 is 14.8 Å². The molecular weight excluding hydrogens is 320 g/mol. The number of nitrogens with one attached hydrogen (secondary N) is 1. The first-order valence-electron chi connectivity index (χ1n) is 8.09. The van der Waals surface area contributed by atoms with Crippen molar-refractivity contribution in [3.05, 3.63) is 81.4 Å². The average molecular weight is 336 g/mol. The number of aromatic carboxylic acids is 1. The number of allylic oxidation sites excluding steroid dienone is 2. The van der Waals surface area contributed by atoms with Crippen molar-refractivity contribution in [2.24, 2.45) is 5.92 Å². The fraction of sp³-hybridized carbons (Fsp3) is 0.211. The number of non-ortho nitro benzene ring substituents is 1. The predicted octanol–water partition coefficient (Wildman–Crippen LogP) is 4.12. The highest BCUT2D eigenvalue weighted by Gasteiger charge is 2.38. The third-order valence-corrected chi connectivity index (χ3v) is 5.07. The average Bonchev–Trinajstić information content (AvgIpc) is 3.10. The number of carboxylic acid groups (broad SMARTS) is 1. The van der Waals surface area contributed by atoms with E-state index in [-0.39, 0.29) is 29.1 Å². The molecule has 126 valence electrons. The van der Waals surface area contributed by atoms with Crippen molar-refractivity contribution in [1.82, 2.24) is 0 Å². The van der Waals surface area contributed by atoms with Crippen LogP contribution in [0.2, 0.25) is 0 Å². The fourth-order valence-corrected chi connectivity index (χ4v) is 3.86. The van der Waals surface area contributed by atoms with Gasteiger partial charge in [-0.1, -0.05) is 24.3 Å². The molecule has 1 aliphatic heterocycles. The van der Waals surface area contributed by atoms with Crippen LogP contribution in [0.25, 0.3) is 0 Å². The van der Waals surface area contributed by atoms with Crippen LogP contribution in [0, 0.1) is 16.0 Å². The second-order valence-electron chi connectivity index (χ2n) is 6.43. The Morgan fingerprint density at radius 3 is 2.64 bits per heavy atom. The van der Waals surface area contributed by atoms with Crippen LogP contribution in [-0.4, -0.2) is 16.0 Å². The maximum atomic E-state index is 11.3. The van der Waals surface area contributed by atoms with E-state index in [2.05, 4.69) is 17.5 Å². The van der Waals surface area contributed by atoms with Crippen molar-refractivity contribution in [2.45, 2.75) is 18.4 Å². The van der Waals surface area contributed by atoms with E-state index < -0.39 is 10.9 Å². The Balaban J connectivity index is 1.72. The molecule has 1 heterocycles. The summed E-state index contributed by atoms with van der Waals surface area (Å²) in [7, 11) is 0. The Morgan fingerprint density at radius 1 is 1.20 bits per heavy atom. The van der Waals surface area contributed by atoms with E-state index in [1.165, 1.54) is 12.1 Å². The van der Waals surface area contributed by atoms with Gasteiger partial charge in [0, 0.05) is 23.7 Å². The van der Waals surface area contributed by atoms with Gasteiger partial charge in [-0.2, -0.15) is 0 Å². The minimum atomic E-state index is -0.932. The van der Waals surface area contributed by atoms with Crippen LogP contribution in [0.5, 0.6) is 0 Å². The Labute approximate surface area is 144 Å². The van der Waals surface area contributed by atoms with E-state index >= 15 is 0 Å². The van der Waals surface area contributed by atoms with Crippen molar-refractivity contribution in [2.75, 3.05) is 5.32 Å². The summed E-state index contributed by atoms with van der Waals surface area (Å²) in [5, 5.41) is 23.6. The van der Waals surface area contributed by atoms with Crippen LogP contribution in [-0.2, 0) is 0 Å². The lowest BCUT2D eigenvalue weighted by Crippen LogP contribution is -2.29. The minimum Gasteiger partial charge on any atom is -0.478 e. The summed E-state index contributed by atoms with van der Waals surface area (Å²) in [6.07, 6.45) is 5.14. The van der Waals surface area contributed by atoms with Crippen LogP contribution in [0.15, 0.2) is 54.6 Å². The van der Waals surface area contributed by atoms with E-state index in [0.717, 1.165) is 23.2 Å². The summed E-state index contributed by atoms with van der Waals surface area (Å²) in [4.78, 5) is 21.7. The van der Waals surface area contributed by atoms with Gasteiger partial charge in [-0.3, -0.25) is 10.1 Å². The number of benzene rings is 2. The van der Waals surface area contributed by atoms with Gasteiger partial charge in [0.25, 0.3) is 5.69 Å². The molecule has 6 nitrogen and oxygen atoms in total. The van der Waals surface area contributed by atoms with Gasteiger partial charge in [-0.25, -0.2) is 4.79 Å². The zero-order valence-electron chi connectivity index (χ0n) is 13.3. The molecule has 6 heteroatoms. The number of hydrogen-bond donors (Lipinski definition) is 2. The van der Waals surface area contributed by atoms with Gasteiger partial charge in [-0.15, -0.1) is 0 Å².